The number of nitrogens with two attached hydrogens (primary N) is 1. The highest BCUT2D eigenvalue weighted by Crippen LogP contribution is 2.27. The van der Waals surface area contributed by atoms with Gasteiger partial charge in [0.2, 0.25) is 0 Å². The van der Waals surface area contributed by atoms with Crippen LogP contribution < -0.4 is 5.73 Å². The van der Waals surface area contributed by atoms with E-state index >= 15 is 0 Å². The Hall–Kier alpha value is -1.19. The maximum Gasteiger partial charge on any atom is 0.0649 e. The summed E-state index contributed by atoms with van der Waals surface area (Å²) in [4.78, 5) is 5.61. The highest BCUT2D eigenvalue weighted by atomic mass is 32.1. The van der Waals surface area contributed by atoms with Crippen molar-refractivity contribution in [1.82, 2.24) is 4.98 Å². The minimum absolute atomic E-state index is 0.0274. The van der Waals surface area contributed by atoms with Gasteiger partial charge in [0.1, 0.15) is 0 Å². The molecule has 2 aromatic rings. The lowest BCUT2D eigenvalue weighted by Crippen LogP contribution is -2.12. The fraction of sp³-hybridized carbons (Fsp3) is 0.308. The Labute approximate surface area is 100 Å². The molecule has 2 nitrogen and oxygen atoms in total. The molecule has 0 bridgehead atoms. The maximum absolute atomic E-state index is 6.28. The zero-order valence-electron chi connectivity index (χ0n) is 9.82. The summed E-state index contributed by atoms with van der Waals surface area (Å²) < 4.78 is 0. The fourth-order valence-corrected chi connectivity index (χ4v) is 2.86. The van der Waals surface area contributed by atoms with Crippen LogP contribution in [0.5, 0.6) is 0 Å². The van der Waals surface area contributed by atoms with Gasteiger partial charge in [-0.2, -0.15) is 0 Å². The molecule has 1 unspecified atom stereocenters. The van der Waals surface area contributed by atoms with Crippen LogP contribution in [0.2, 0.25) is 0 Å². The summed E-state index contributed by atoms with van der Waals surface area (Å²) in [5.74, 6) is 0. The first-order valence-electron chi connectivity index (χ1n) is 5.32. The lowest BCUT2D eigenvalue weighted by Gasteiger charge is -2.13. The topological polar surface area (TPSA) is 38.9 Å². The van der Waals surface area contributed by atoms with Crippen molar-refractivity contribution in [3.63, 3.8) is 0 Å². The van der Waals surface area contributed by atoms with Gasteiger partial charge < -0.3 is 5.73 Å². The molecule has 84 valence electrons. The molecule has 16 heavy (non-hydrogen) atoms. The van der Waals surface area contributed by atoms with E-state index in [1.807, 2.05) is 13.8 Å². The van der Waals surface area contributed by atoms with Crippen LogP contribution in [0, 0.1) is 20.8 Å². The molecule has 0 aliphatic carbocycles. The predicted octanol–water partition coefficient (Wildman–Crippen LogP) is 3.12. The Morgan fingerprint density at radius 2 is 1.81 bits per heavy atom. The van der Waals surface area contributed by atoms with Gasteiger partial charge in [-0.25, -0.2) is 0 Å². The monoisotopic (exact) mass is 232 g/mol. The first-order valence-corrected chi connectivity index (χ1v) is 6.20. The van der Waals surface area contributed by atoms with Crippen LogP contribution >= 0.6 is 11.3 Å². The Bertz CT molecular complexity index is 482. The number of thiophene rings is 1. The molecule has 0 aliphatic heterocycles. The van der Waals surface area contributed by atoms with Crippen molar-refractivity contribution in [2.75, 3.05) is 0 Å². The molecule has 0 fully saturated rings. The SMILES string of the molecule is Cc1cc(C(N)c2sccc2C)cc(C)n1. The Kier molecular flexibility index (Phi) is 3.08. The second-order valence-corrected chi connectivity index (χ2v) is 5.08. The smallest absolute Gasteiger partial charge is 0.0649 e. The first kappa shape index (κ1) is 11.3. The molecule has 2 heterocycles. The number of aryl methyl sites for hydroxylation is 3. The highest BCUT2D eigenvalue weighted by Gasteiger charge is 2.13. The second-order valence-electron chi connectivity index (χ2n) is 4.13. The van der Waals surface area contributed by atoms with E-state index in [9.17, 15) is 0 Å². The molecule has 0 saturated carbocycles. The summed E-state index contributed by atoms with van der Waals surface area (Å²) in [5.41, 5.74) is 10.8. The standard InChI is InChI=1S/C13H16N2S/c1-8-4-5-16-13(8)12(14)11-6-9(2)15-10(3)7-11/h4-7,12H,14H2,1-3H3. The molecule has 2 N–H and O–H groups in total. The number of hydrogen-bond acceptors (Lipinski definition) is 3. The third kappa shape index (κ3) is 2.15. The maximum atomic E-state index is 6.28. The van der Waals surface area contributed by atoms with Gasteiger partial charge in [-0.3, -0.25) is 4.98 Å². The van der Waals surface area contributed by atoms with E-state index < -0.39 is 0 Å². The van der Waals surface area contributed by atoms with E-state index in [-0.39, 0.29) is 6.04 Å². The van der Waals surface area contributed by atoms with Gasteiger partial charge >= 0.3 is 0 Å². The quantitative estimate of drug-likeness (QED) is 0.864. The van der Waals surface area contributed by atoms with E-state index in [1.54, 1.807) is 11.3 Å². The number of pyridine rings is 1. The van der Waals surface area contributed by atoms with Crippen molar-refractivity contribution in [1.29, 1.82) is 0 Å². The van der Waals surface area contributed by atoms with Crippen LogP contribution in [-0.4, -0.2) is 4.98 Å². The minimum Gasteiger partial charge on any atom is -0.320 e. The molecule has 0 aromatic carbocycles. The molecule has 0 amide bonds. The van der Waals surface area contributed by atoms with Crippen molar-refractivity contribution < 1.29 is 0 Å². The van der Waals surface area contributed by atoms with Gasteiger partial charge in [-0.1, -0.05) is 0 Å². The molecule has 0 saturated heterocycles. The van der Waals surface area contributed by atoms with E-state index in [0.717, 1.165) is 17.0 Å². The van der Waals surface area contributed by atoms with Gasteiger partial charge in [0, 0.05) is 16.3 Å². The number of nitrogens with zero attached hydrogens (tertiary/aromatic N) is 1. The van der Waals surface area contributed by atoms with Gasteiger partial charge in [0.05, 0.1) is 6.04 Å². The number of rotatable bonds is 2. The first-order chi connectivity index (χ1) is 7.58. The molecule has 0 spiro atoms. The Morgan fingerprint density at radius 1 is 1.19 bits per heavy atom. The van der Waals surface area contributed by atoms with Crippen LogP contribution in [0.1, 0.15) is 33.4 Å². The van der Waals surface area contributed by atoms with Gasteiger partial charge in [0.15, 0.2) is 0 Å². The third-order valence-corrected chi connectivity index (χ3v) is 3.75. The lowest BCUT2D eigenvalue weighted by molar-refractivity contribution is 0.872. The largest absolute Gasteiger partial charge is 0.320 e. The van der Waals surface area contributed by atoms with Crippen LogP contribution in [0.25, 0.3) is 0 Å². The van der Waals surface area contributed by atoms with Crippen molar-refractivity contribution in [3.8, 4) is 0 Å². The summed E-state index contributed by atoms with van der Waals surface area (Å²) >= 11 is 1.72. The van der Waals surface area contributed by atoms with E-state index in [4.69, 9.17) is 5.73 Å². The molecule has 2 rings (SSSR count). The molecular formula is C13H16N2S. The zero-order valence-corrected chi connectivity index (χ0v) is 10.6. The van der Waals surface area contributed by atoms with E-state index in [2.05, 4.69) is 35.5 Å². The van der Waals surface area contributed by atoms with Crippen molar-refractivity contribution in [3.05, 3.63) is 51.0 Å². The van der Waals surface area contributed by atoms with Crippen molar-refractivity contribution >= 4 is 11.3 Å². The van der Waals surface area contributed by atoms with Crippen molar-refractivity contribution in [2.45, 2.75) is 26.8 Å². The summed E-state index contributed by atoms with van der Waals surface area (Å²) in [5, 5.41) is 2.09. The van der Waals surface area contributed by atoms with E-state index in [0.29, 0.717) is 0 Å². The Balaban J connectivity index is 2.41. The van der Waals surface area contributed by atoms with Crippen LogP contribution in [0.4, 0.5) is 0 Å². The average Bonchev–Trinajstić information content (AvgIpc) is 2.62. The van der Waals surface area contributed by atoms with Crippen LogP contribution in [0.15, 0.2) is 23.6 Å². The number of aromatic nitrogens is 1. The molecule has 0 radical (unpaired) electrons. The summed E-state index contributed by atoms with van der Waals surface area (Å²) in [7, 11) is 0. The molecule has 3 heteroatoms. The summed E-state index contributed by atoms with van der Waals surface area (Å²) in [6.45, 7) is 6.11. The third-order valence-electron chi connectivity index (χ3n) is 2.65. The summed E-state index contributed by atoms with van der Waals surface area (Å²) in [6, 6.07) is 6.22. The molecular weight excluding hydrogens is 216 g/mol. The fourth-order valence-electron chi connectivity index (χ4n) is 1.90. The van der Waals surface area contributed by atoms with Gasteiger partial charge in [-0.15, -0.1) is 11.3 Å². The van der Waals surface area contributed by atoms with Crippen LogP contribution in [0.3, 0.4) is 0 Å². The van der Waals surface area contributed by atoms with Gasteiger partial charge in [-0.05, 0) is 55.5 Å². The summed E-state index contributed by atoms with van der Waals surface area (Å²) in [6.07, 6.45) is 0. The second kappa shape index (κ2) is 4.36. The lowest BCUT2D eigenvalue weighted by atomic mass is 10.0. The average molecular weight is 232 g/mol. The normalized spacial score (nSPS) is 12.8. The zero-order chi connectivity index (χ0) is 11.7. The van der Waals surface area contributed by atoms with Crippen molar-refractivity contribution in [2.24, 2.45) is 5.73 Å². The Morgan fingerprint density at radius 3 is 2.31 bits per heavy atom. The predicted molar refractivity (Wildman–Crippen MR) is 68.8 cm³/mol. The highest BCUT2D eigenvalue weighted by molar-refractivity contribution is 7.10. The molecule has 1 atom stereocenters. The van der Waals surface area contributed by atoms with E-state index in [1.165, 1.54) is 10.4 Å². The molecule has 0 aliphatic rings. The van der Waals surface area contributed by atoms with Crippen LogP contribution in [-0.2, 0) is 0 Å². The molecule has 2 aromatic heterocycles. The van der Waals surface area contributed by atoms with Gasteiger partial charge in [0.25, 0.3) is 0 Å². The number of hydrogen-bond donors (Lipinski definition) is 1. The minimum atomic E-state index is -0.0274.